The van der Waals surface area contributed by atoms with E-state index >= 15 is 0 Å². The molecule has 0 aliphatic rings. The van der Waals surface area contributed by atoms with Gasteiger partial charge in [0.2, 0.25) is 0 Å². The topological polar surface area (TPSA) is 66.9 Å². The maximum Gasteiger partial charge on any atom is 0.260 e. The number of carbonyl (C=O) groups is 1. The second-order valence-electron chi connectivity index (χ2n) is 4.19. The summed E-state index contributed by atoms with van der Waals surface area (Å²) in [5.41, 5.74) is 2.04. The van der Waals surface area contributed by atoms with Crippen LogP contribution in [0.4, 0.5) is 11.5 Å². The van der Waals surface area contributed by atoms with Crippen LogP contribution in [-0.4, -0.2) is 22.4 Å². The number of amides is 1. The summed E-state index contributed by atoms with van der Waals surface area (Å²) in [6.45, 7) is 4.55. The van der Waals surface area contributed by atoms with Crippen molar-refractivity contribution in [2.45, 2.75) is 13.8 Å². The van der Waals surface area contributed by atoms with Gasteiger partial charge >= 0.3 is 0 Å². The molecule has 1 amide bonds. The maximum absolute atomic E-state index is 12.3. The van der Waals surface area contributed by atoms with Crippen molar-refractivity contribution in [2.75, 3.05) is 17.2 Å². The Labute approximate surface area is 122 Å². The number of aromatic nitrogens is 2. The minimum atomic E-state index is -0.297. The molecule has 0 saturated carbocycles. The largest absolute Gasteiger partial charge is 0.385 e. The number of aryl methyl sites for hydroxylation is 1. The number of halogens is 1. The number of anilines is 2. The summed E-state index contributed by atoms with van der Waals surface area (Å²) in [4.78, 5) is 20.5. The molecule has 6 heteroatoms. The van der Waals surface area contributed by atoms with Gasteiger partial charge in [0.05, 0.1) is 16.3 Å². The van der Waals surface area contributed by atoms with Crippen molar-refractivity contribution in [3.63, 3.8) is 0 Å². The minimum Gasteiger partial charge on any atom is -0.385 e. The summed E-state index contributed by atoms with van der Waals surface area (Å²) < 4.78 is 0. The quantitative estimate of drug-likeness (QED) is 0.908. The van der Waals surface area contributed by atoms with Gasteiger partial charge in [-0.1, -0.05) is 11.6 Å². The van der Waals surface area contributed by atoms with E-state index in [1.807, 2.05) is 19.9 Å². The molecule has 2 aromatic heterocycles. The predicted molar refractivity (Wildman–Crippen MR) is 80.3 cm³/mol. The van der Waals surface area contributed by atoms with Crippen LogP contribution in [0.1, 0.15) is 23.0 Å². The molecular weight excluding hydrogens is 276 g/mol. The van der Waals surface area contributed by atoms with Crippen molar-refractivity contribution >= 4 is 29.0 Å². The summed E-state index contributed by atoms with van der Waals surface area (Å²) in [6.07, 6.45) is 3.11. The molecule has 0 radical (unpaired) electrons. The lowest BCUT2D eigenvalue weighted by Crippen LogP contribution is -2.16. The Bertz CT molecular complexity index is 630. The number of hydrogen-bond acceptors (Lipinski definition) is 4. The van der Waals surface area contributed by atoms with Gasteiger partial charge in [0.15, 0.2) is 5.82 Å². The summed E-state index contributed by atoms with van der Waals surface area (Å²) in [6, 6.07) is 5.21. The smallest absolute Gasteiger partial charge is 0.260 e. The van der Waals surface area contributed by atoms with Gasteiger partial charge in [-0.15, -0.1) is 0 Å². The van der Waals surface area contributed by atoms with Crippen molar-refractivity contribution in [1.82, 2.24) is 9.97 Å². The van der Waals surface area contributed by atoms with Crippen LogP contribution in [0.3, 0.4) is 0 Å². The molecule has 0 aromatic carbocycles. The molecule has 0 unspecified atom stereocenters. The van der Waals surface area contributed by atoms with E-state index in [-0.39, 0.29) is 5.91 Å². The lowest BCUT2D eigenvalue weighted by molar-refractivity contribution is 0.102. The van der Waals surface area contributed by atoms with Crippen molar-refractivity contribution in [3.05, 3.63) is 46.9 Å². The number of pyridine rings is 2. The van der Waals surface area contributed by atoms with Gasteiger partial charge in [-0.3, -0.25) is 9.78 Å². The highest BCUT2D eigenvalue weighted by Crippen LogP contribution is 2.21. The molecule has 104 valence electrons. The van der Waals surface area contributed by atoms with Crippen LogP contribution in [0, 0.1) is 6.92 Å². The van der Waals surface area contributed by atoms with Crippen LogP contribution in [0.15, 0.2) is 30.6 Å². The zero-order valence-electron chi connectivity index (χ0n) is 11.3. The molecule has 0 aliphatic heterocycles. The van der Waals surface area contributed by atoms with Gasteiger partial charge in [0.25, 0.3) is 5.91 Å². The van der Waals surface area contributed by atoms with Crippen LogP contribution >= 0.6 is 11.6 Å². The van der Waals surface area contributed by atoms with Crippen LogP contribution in [-0.2, 0) is 0 Å². The lowest BCUT2D eigenvalue weighted by Gasteiger charge is -2.11. The Morgan fingerprint density at radius 3 is 2.90 bits per heavy atom. The van der Waals surface area contributed by atoms with Crippen LogP contribution < -0.4 is 10.6 Å². The van der Waals surface area contributed by atoms with Crippen LogP contribution in [0.5, 0.6) is 0 Å². The normalized spacial score (nSPS) is 10.2. The monoisotopic (exact) mass is 290 g/mol. The summed E-state index contributed by atoms with van der Waals surface area (Å²) in [5.74, 6) is 0.0382. The van der Waals surface area contributed by atoms with Gasteiger partial charge < -0.3 is 10.6 Å². The molecule has 2 heterocycles. The number of rotatable bonds is 4. The molecule has 2 rings (SSSR count). The van der Waals surface area contributed by atoms with E-state index in [0.717, 1.165) is 11.4 Å². The van der Waals surface area contributed by atoms with Crippen molar-refractivity contribution in [1.29, 1.82) is 0 Å². The lowest BCUT2D eigenvalue weighted by atomic mass is 10.2. The molecular formula is C14H15ClN4O. The first-order chi connectivity index (χ1) is 9.61. The zero-order valence-corrected chi connectivity index (χ0v) is 12.0. The number of nitrogens with one attached hydrogen (secondary N) is 2. The third-order valence-electron chi connectivity index (χ3n) is 2.64. The maximum atomic E-state index is 12.3. The second-order valence-corrected chi connectivity index (χ2v) is 4.60. The standard InChI is InChI=1S/C14H15ClN4O/c1-3-16-12-7-9(2)18-8-10(12)14(20)19-13-11(15)5-4-6-17-13/h4-8H,3H2,1-2H3,(H,16,18)(H,17,19,20). The number of carbonyl (C=O) groups excluding carboxylic acids is 1. The Kier molecular flexibility index (Phi) is 4.53. The average molecular weight is 291 g/mol. The average Bonchev–Trinajstić information content (AvgIpc) is 2.42. The summed E-state index contributed by atoms with van der Waals surface area (Å²) >= 11 is 5.97. The molecule has 0 atom stereocenters. The van der Waals surface area contributed by atoms with Gasteiger partial charge in [-0.25, -0.2) is 4.98 Å². The fraction of sp³-hybridized carbons (Fsp3) is 0.214. The molecule has 0 aliphatic carbocycles. The Morgan fingerprint density at radius 1 is 1.40 bits per heavy atom. The predicted octanol–water partition coefficient (Wildman–Crippen LogP) is 3.12. The molecule has 0 fully saturated rings. The Balaban J connectivity index is 2.27. The zero-order chi connectivity index (χ0) is 14.5. The van der Waals surface area contributed by atoms with Crippen molar-refractivity contribution in [3.8, 4) is 0 Å². The minimum absolute atomic E-state index is 0.297. The Hall–Kier alpha value is -2.14. The van der Waals surface area contributed by atoms with Crippen LogP contribution in [0.25, 0.3) is 0 Å². The molecule has 0 bridgehead atoms. The second kappa shape index (κ2) is 6.34. The van der Waals surface area contributed by atoms with Crippen molar-refractivity contribution < 1.29 is 4.79 Å². The fourth-order valence-corrected chi connectivity index (χ4v) is 1.90. The number of nitrogens with zero attached hydrogens (tertiary/aromatic N) is 2. The van der Waals surface area contributed by atoms with E-state index in [2.05, 4.69) is 20.6 Å². The molecule has 20 heavy (non-hydrogen) atoms. The SMILES string of the molecule is CCNc1cc(C)ncc1C(=O)Nc1ncccc1Cl. The van der Waals surface area contributed by atoms with E-state index in [1.165, 1.54) is 0 Å². The Morgan fingerprint density at radius 2 is 2.20 bits per heavy atom. The van der Waals surface area contributed by atoms with Gasteiger partial charge in [-0.05, 0) is 32.0 Å². The van der Waals surface area contributed by atoms with Gasteiger partial charge in [0, 0.05) is 24.6 Å². The first-order valence-electron chi connectivity index (χ1n) is 6.24. The van der Waals surface area contributed by atoms with E-state index in [0.29, 0.717) is 22.9 Å². The first kappa shape index (κ1) is 14.3. The third-order valence-corrected chi connectivity index (χ3v) is 2.95. The van der Waals surface area contributed by atoms with Crippen molar-refractivity contribution in [2.24, 2.45) is 0 Å². The van der Waals surface area contributed by atoms with Crippen LogP contribution in [0.2, 0.25) is 5.02 Å². The highest BCUT2D eigenvalue weighted by molar-refractivity contribution is 6.33. The summed E-state index contributed by atoms with van der Waals surface area (Å²) in [7, 11) is 0. The number of hydrogen-bond donors (Lipinski definition) is 2. The van der Waals surface area contributed by atoms with E-state index in [4.69, 9.17) is 11.6 Å². The van der Waals surface area contributed by atoms with E-state index in [1.54, 1.807) is 24.5 Å². The molecule has 2 N–H and O–H groups in total. The first-order valence-corrected chi connectivity index (χ1v) is 6.62. The summed E-state index contributed by atoms with van der Waals surface area (Å²) in [5, 5.41) is 6.22. The third kappa shape index (κ3) is 3.24. The fourth-order valence-electron chi connectivity index (χ4n) is 1.73. The highest BCUT2D eigenvalue weighted by atomic mass is 35.5. The molecule has 2 aromatic rings. The van der Waals surface area contributed by atoms with Gasteiger partial charge in [0.1, 0.15) is 0 Å². The molecule has 0 spiro atoms. The van der Waals surface area contributed by atoms with Gasteiger partial charge in [-0.2, -0.15) is 0 Å². The molecule has 0 saturated heterocycles. The van der Waals surface area contributed by atoms with E-state index < -0.39 is 0 Å². The highest BCUT2D eigenvalue weighted by Gasteiger charge is 2.14. The molecule has 5 nitrogen and oxygen atoms in total. The van der Waals surface area contributed by atoms with E-state index in [9.17, 15) is 4.79 Å².